The number of benzene rings is 1. The zero-order valence-corrected chi connectivity index (χ0v) is 35.5. The largest absolute Gasteiger partial charge is 0.494 e. The normalized spacial score (nSPS) is 18.0. The van der Waals surface area contributed by atoms with E-state index in [1.807, 2.05) is 45.0 Å². The Kier molecular flexibility index (Phi) is 19.2. The van der Waals surface area contributed by atoms with Crippen LogP contribution in [0.2, 0.25) is 0 Å². The smallest absolute Gasteiger partial charge is 0.243 e. The number of nitrogens with one attached hydrogen (secondary N) is 2. The van der Waals surface area contributed by atoms with Crippen molar-refractivity contribution in [3.8, 4) is 5.75 Å². The van der Waals surface area contributed by atoms with E-state index in [2.05, 4.69) is 38.1 Å². The van der Waals surface area contributed by atoms with E-state index in [0.717, 1.165) is 36.6 Å². The second-order valence-corrected chi connectivity index (χ2v) is 17.3. The summed E-state index contributed by atoms with van der Waals surface area (Å²) in [7, 11) is 0. The van der Waals surface area contributed by atoms with E-state index in [0.29, 0.717) is 44.6 Å². The highest BCUT2D eigenvalue weighted by molar-refractivity contribution is 9.10. The number of nitrogens with zero attached hydrogens (tertiary/aromatic N) is 2. The molecule has 1 aromatic carbocycles. The van der Waals surface area contributed by atoms with Gasteiger partial charge in [-0.25, -0.2) is 0 Å². The Balaban J connectivity index is 1.72. The van der Waals surface area contributed by atoms with E-state index in [4.69, 9.17) is 21.9 Å². The van der Waals surface area contributed by atoms with E-state index >= 15 is 0 Å². The number of guanidine groups is 1. The van der Waals surface area contributed by atoms with Gasteiger partial charge in [-0.1, -0.05) is 68.1 Å². The highest BCUT2D eigenvalue weighted by Gasteiger charge is 2.39. The first kappa shape index (κ1) is 47.1. The fourth-order valence-corrected chi connectivity index (χ4v) is 8.15. The number of carbonyl (C=O) groups is 6. The molecule has 1 heterocycles. The van der Waals surface area contributed by atoms with Crippen molar-refractivity contribution in [2.24, 2.45) is 45.4 Å². The van der Waals surface area contributed by atoms with Crippen molar-refractivity contribution < 1.29 is 33.5 Å². The Labute approximate surface area is 346 Å². The fourth-order valence-electron chi connectivity index (χ4n) is 7.77. The molecule has 1 aliphatic carbocycles. The van der Waals surface area contributed by atoms with Crippen LogP contribution in [-0.4, -0.2) is 83.9 Å². The molecule has 1 saturated carbocycles. The monoisotopic (exact) mass is 857 g/mol. The Morgan fingerprint density at radius 1 is 0.982 bits per heavy atom. The van der Waals surface area contributed by atoms with Crippen molar-refractivity contribution in [1.29, 1.82) is 0 Å². The molecule has 0 bridgehead atoms. The predicted molar refractivity (Wildman–Crippen MR) is 224 cm³/mol. The summed E-state index contributed by atoms with van der Waals surface area (Å²) in [6, 6.07) is 4.95. The number of likely N-dealkylation sites (tertiary alicyclic amines) is 1. The molecule has 5 atom stereocenters. The lowest BCUT2D eigenvalue weighted by atomic mass is 9.76. The Bertz CT molecular complexity index is 1590. The molecule has 0 aromatic heterocycles. The van der Waals surface area contributed by atoms with Crippen LogP contribution in [0.4, 0.5) is 0 Å². The van der Waals surface area contributed by atoms with Crippen molar-refractivity contribution in [2.75, 3.05) is 19.7 Å². The van der Waals surface area contributed by atoms with E-state index < -0.39 is 47.2 Å². The molecular weight excluding hydrogens is 794 g/mol. The standard InChI is InChI=1S/C42H64BrN7O7/c1-5-13-28(39(55)48-32(18-10-21-47-41(45)46)34(51)26-31(38(44)54)42(2,3)4)24-35(52)37(27-14-7-6-8-15-27)49-40(56)33-19-11-22-50(33)36(53)20-12-23-57-30-17-9-16-29(43)25-30/h5,9,16-17,25,27-28,31-33,37H,1,6-8,10-15,18-24,26H2,2-4H3,(H2,44,54)(H,48,55)(H,49,56)(H4,45,46,47)/t28-,31-,32+,33?,37+/m1/s1. The molecule has 14 nitrogen and oxygen atoms in total. The third-order valence-electron chi connectivity index (χ3n) is 11.0. The van der Waals surface area contributed by atoms with Gasteiger partial charge in [0.2, 0.25) is 23.6 Å². The Morgan fingerprint density at radius 2 is 1.70 bits per heavy atom. The van der Waals surface area contributed by atoms with Crippen LogP contribution < -0.4 is 32.6 Å². The van der Waals surface area contributed by atoms with Gasteiger partial charge in [-0.2, -0.15) is 0 Å². The van der Waals surface area contributed by atoms with Crippen LogP contribution in [0, 0.1) is 23.2 Å². The molecule has 3 rings (SSSR count). The van der Waals surface area contributed by atoms with Crippen LogP contribution in [0.3, 0.4) is 0 Å². The summed E-state index contributed by atoms with van der Waals surface area (Å²) in [5.41, 5.74) is 16.0. The average molecular weight is 859 g/mol. The summed E-state index contributed by atoms with van der Waals surface area (Å²) in [5.74, 6) is -3.43. The van der Waals surface area contributed by atoms with Crippen LogP contribution in [-0.2, 0) is 28.8 Å². The molecular formula is C42H64BrN7O7. The number of hydrogen-bond donors (Lipinski definition) is 5. The number of halogens is 1. The summed E-state index contributed by atoms with van der Waals surface area (Å²) >= 11 is 3.42. The number of aliphatic imine (C=N–C) groups is 1. The summed E-state index contributed by atoms with van der Waals surface area (Å²) in [6.07, 6.45) is 8.14. The van der Waals surface area contributed by atoms with Crippen LogP contribution >= 0.6 is 15.9 Å². The zero-order chi connectivity index (χ0) is 42.1. The highest BCUT2D eigenvalue weighted by Crippen LogP contribution is 2.31. The predicted octanol–water partition coefficient (Wildman–Crippen LogP) is 4.46. The highest BCUT2D eigenvalue weighted by atomic mass is 79.9. The number of ether oxygens (including phenoxy) is 1. The quantitative estimate of drug-likeness (QED) is 0.0452. The van der Waals surface area contributed by atoms with E-state index in [1.165, 1.54) is 0 Å². The molecule has 8 N–H and O–H groups in total. The Hall–Kier alpha value is -4.27. The molecule has 0 spiro atoms. The topological polar surface area (TPSA) is 229 Å². The fraction of sp³-hybridized carbons (Fsp3) is 0.643. The van der Waals surface area contributed by atoms with Gasteiger partial charge in [-0.15, -0.1) is 6.58 Å². The Morgan fingerprint density at radius 3 is 2.33 bits per heavy atom. The average Bonchev–Trinajstić information content (AvgIpc) is 3.65. The third-order valence-corrected chi connectivity index (χ3v) is 11.4. The molecule has 1 unspecified atom stereocenters. The maximum atomic E-state index is 14.3. The first-order valence-electron chi connectivity index (χ1n) is 20.3. The number of amides is 4. The molecule has 1 aliphatic heterocycles. The lowest BCUT2D eigenvalue weighted by Gasteiger charge is -2.33. The van der Waals surface area contributed by atoms with Gasteiger partial charge in [-0.3, -0.25) is 33.8 Å². The number of allylic oxidation sites excluding steroid dienone is 1. The van der Waals surface area contributed by atoms with Gasteiger partial charge < -0.3 is 37.5 Å². The summed E-state index contributed by atoms with van der Waals surface area (Å²) < 4.78 is 6.68. The van der Waals surface area contributed by atoms with E-state index in [1.54, 1.807) is 11.0 Å². The van der Waals surface area contributed by atoms with Crippen LogP contribution in [0.15, 0.2) is 46.4 Å². The van der Waals surface area contributed by atoms with Crippen molar-refractivity contribution in [3.05, 3.63) is 41.4 Å². The molecule has 15 heteroatoms. The number of hydrogen-bond acceptors (Lipinski definition) is 8. The maximum Gasteiger partial charge on any atom is 0.243 e. The van der Waals surface area contributed by atoms with Crippen molar-refractivity contribution >= 4 is 57.1 Å². The third kappa shape index (κ3) is 15.5. The summed E-state index contributed by atoms with van der Waals surface area (Å²) in [5, 5.41) is 5.89. The lowest BCUT2D eigenvalue weighted by Crippen LogP contribution is -2.54. The van der Waals surface area contributed by atoms with Crippen LogP contribution in [0.1, 0.15) is 111 Å². The van der Waals surface area contributed by atoms with Crippen molar-refractivity contribution in [3.63, 3.8) is 0 Å². The van der Waals surface area contributed by atoms with Crippen molar-refractivity contribution in [2.45, 2.75) is 129 Å². The second kappa shape index (κ2) is 23.2. The number of carbonyl (C=O) groups excluding carboxylic acids is 6. The number of nitrogens with two attached hydrogens (primary N) is 3. The van der Waals surface area contributed by atoms with Crippen LogP contribution in [0.5, 0.6) is 5.75 Å². The molecule has 2 aliphatic rings. The summed E-state index contributed by atoms with van der Waals surface area (Å²) in [6.45, 7) is 10.3. The minimum atomic E-state index is -0.981. The second-order valence-electron chi connectivity index (χ2n) is 16.4. The van der Waals surface area contributed by atoms with E-state index in [9.17, 15) is 28.8 Å². The van der Waals surface area contributed by atoms with Gasteiger partial charge in [-0.05, 0) is 80.9 Å². The minimum absolute atomic E-state index is 0.0989. The van der Waals surface area contributed by atoms with Gasteiger partial charge in [0.25, 0.3) is 0 Å². The first-order chi connectivity index (χ1) is 27.0. The van der Waals surface area contributed by atoms with Crippen molar-refractivity contribution in [1.82, 2.24) is 15.5 Å². The molecule has 1 saturated heterocycles. The van der Waals surface area contributed by atoms with Gasteiger partial charge in [0, 0.05) is 48.7 Å². The van der Waals surface area contributed by atoms with Crippen LogP contribution in [0.25, 0.3) is 0 Å². The maximum absolute atomic E-state index is 14.3. The minimum Gasteiger partial charge on any atom is -0.494 e. The number of Topliss-reactive ketones (excluding diaryl/α,β-unsaturated/α-hetero) is 2. The number of ketones is 2. The van der Waals surface area contributed by atoms with Gasteiger partial charge >= 0.3 is 0 Å². The SMILES string of the molecule is C=CC[C@H](CC(=O)[C@@H](NC(=O)C1CCCN1C(=O)CCCOc1cccc(Br)c1)C1CCCCC1)C(=O)N[C@@H](CCCN=C(N)N)C(=O)C[C@H](C(N)=O)C(C)(C)C. The molecule has 2 fully saturated rings. The molecule has 1 aromatic rings. The first-order valence-corrected chi connectivity index (χ1v) is 21.1. The molecule has 57 heavy (non-hydrogen) atoms. The van der Waals surface area contributed by atoms with E-state index in [-0.39, 0.29) is 73.9 Å². The summed E-state index contributed by atoms with van der Waals surface area (Å²) in [4.78, 5) is 87.0. The van der Waals surface area contributed by atoms with Gasteiger partial charge in [0.15, 0.2) is 17.5 Å². The molecule has 4 amide bonds. The number of rotatable bonds is 23. The van der Waals surface area contributed by atoms with Gasteiger partial charge in [0.1, 0.15) is 11.8 Å². The molecule has 316 valence electrons. The number of primary amides is 1. The zero-order valence-electron chi connectivity index (χ0n) is 33.9. The van der Waals surface area contributed by atoms with Gasteiger partial charge in [0.05, 0.1) is 18.7 Å². The molecule has 0 radical (unpaired) electrons. The lowest BCUT2D eigenvalue weighted by molar-refractivity contribution is -0.140.